The van der Waals surface area contributed by atoms with Gasteiger partial charge in [-0.3, -0.25) is 14.3 Å². The fourth-order valence-corrected chi connectivity index (χ4v) is 2.64. The molecule has 106 valence electrons. The number of rotatable bonds is 2. The van der Waals surface area contributed by atoms with E-state index in [4.69, 9.17) is 0 Å². The molecular weight excluding hydrogens is 264 g/mol. The Bertz CT molecular complexity index is 745. The molecule has 0 radical (unpaired) electrons. The van der Waals surface area contributed by atoms with E-state index in [2.05, 4.69) is 5.10 Å². The van der Waals surface area contributed by atoms with E-state index in [-0.39, 0.29) is 23.1 Å². The highest BCUT2D eigenvalue weighted by molar-refractivity contribution is 6.41. The summed E-state index contributed by atoms with van der Waals surface area (Å²) in [5.41, 5.74) is 2.93. The van der Waals surface area contributed by atoms with Crippen LogP contribution in [0.4, 0.5) is 0 Å². The fourth-order valence-electron chi connectivity index (χ4n) is 2.64. The molecule has 4 nitrogen and oxygen atoms in total. The molecule has 0 atom stereocenters. The summed E-state index contributed by atoms with van der Waals surface area (Å²) in [4.78, 5) is 24.8. The number of aromatic nitrogens is 2. The number of carbonyl (C=O) groups excluding carboxylic acids is 2. The highest BCUT2D eigenvalue weighted by atomic mass is 16.2. The molecule has 1 aliphatic rings. The van der Waals surface area contributed by atoms with Crippen molar-refractivity contribution < 1.29 is 9.59 Å². The molecule has 2 aromatic rings. The standard InChI is InChI=1S/C17H16N2O2/c1-10(2)15-11(9-19(3)18-15)8-14-16(20)12-6-4-5-7-13(12)17(14)21/h4-10H,1-3H3. The van der Waals surface area contributed by atoms with E-state index in [0.717, 1.165) is 11.3 Å². The molecule has 0 spiro atoms. The van der Waals surface area contributed by atoms with Gasteiger partial charge in [0.05, 0.1) is 11.3 Å². The van der Waals surface area contributed by atoms with Crippen molar-refractivity contribution in [3.8, 4) is 0 Å². The summed E-state index contributed by atoms with van der Waals surface area (Å²) in [7, 11) is 1.83. The minimum atomic E-state index is -0.200. The van der Waals surface area contributed by atoms with Gasteiger partial charge >= 0.3 is 0 Å². The van der Waals surface area contributed by atoms with Crippen molar-refractivity contribution in [1.29, 1.82) is 0 Å². The van der Waals surface area contributed by atoms with Gasteiger partial charge in [0.2, 0.25) is 0 Å². The second-order valence-electron chi connectivity index (χ2n) is 5.56. The summed E-state index contributed by atoms with van der Waals surface area (Å²) in [5.74, 6) is -0.171. The van der Waals surface area contributed by atoms with Crippen LogP contribution in [-0.2, 0) is 7.05 Å². The van der Waals surface area contributed by atoms with E-state index in [1.54, 1.807) is 35.0 Å². The average molecular weight is 280 g/mol. The monoisotopic (exact) mass is 280 g/mol. The van der Waals surface area contributed by atoms with E-state index in [1.165, 1.54) is 0 Å². The molecule has 0 saturated carbocycles. The van der Waals surface area contributed by atoms with Crippen LogP contribution in [0.15, 0.2) is 36.0 Å². The third-order valence-electron chi connectivity index (χ3n) is 3.64. The zero-order valence-electron chi connectivity index (χ0n) is 12.3. The van der Waals surface area contributed by atoms with Gasteiger partial charge in [-0.1, -0.05) is 38.1 Å². The van der Waals surface area contributed by atoms with Crippen LogP contribution < -0.4 is 0 Å². The summed E-state index contributed by atoms with van der Waals surface area (Å²) < 4.78 is 1.71. The molecule has 0 N–H and O–H groups in total. The van der Waals surface area contributed by atoms with E-state index in [0.29, 0.717) is 11.1 Å². The lowest BCUT2D eigenvalue weighted by Crippen LogP contribution is -2.01. The topological polar surface area (TPSA) is 52.0 Å². The molecule has 3 rings (SSSR count). The highest BCUT2D eigenvalue weighted by Crippen LogP contribution is 2.29. The Morgan fingerprint density at radius 1 is 1.10 bits per heavy atom. The van der Waals surface area contributed by atoms with Gasteiger partial charge in [0.25, 0.3) is 0 Å². The van der Waals surface area contributed by atoms with Crippen molar-refractivity contribution in [2.24, 2.45) is 7.05 Å². The van der Waals surface area contributed by atoms with E-state index < -0.39 is 0 Å². The maximum atomic E-state index is 12.4. The molecule has 1 aromatic carbocycles. The van der Waals surface area contributed by atoms with Crippen LogP contribution in [0.5, 0.6) is 0 Å². The molecule has 4 heteroatoms. The Morgan fingerprint density at radius 2 is 1.67 bits per heavy atom. The van der Waals surface area contributed by atoms with E-state index in [1.807, 2.05) is 27.1 Å². The molecule has 0 fully saturated rings. The summed E-state index contributed by atoms with van der Waals surface area (Å²) in [6.45, 7) is 4.08. The van der Waals surface area contributed by atoms with Gasteiger partial charge in [0.15, 0.2) is 11.6 Å². The van der Waals surface area contributed by atoms with Crippen molar-refractivity contribution >= 4 is 17.6 Å². The van der Waals surface area contributed by atoms with Crippen LogP contribution in [0, 0.1) is 0 Å². The summed E-state index contributed by atoms with van der Waals surface area (Å²) in [6.07, 6.45) is 3.51. The Balaban J connectivity index is 2.11. The predicted molar refractivity (Wildman–Crippen MR) is 80.4 cm³/mol. The normalized spacial score (nSPS) is 14.0. The Labute approximate surface area is 123 Å². The molecule has 0 saturated heterocycles. The summed E-state index contributed by atoms with van der Waals surface area (Å²) in [5, 5.41) is 4.40. The van der Waals surface area contributed by atoms with Crippen molar-refractivity contribution in [1.82, 2.24) is 9.78 Å². The molecule has 0 aliphatic heterocycles. The van der Waals surface area contributed by atoms with Crippen LogP contribution >= 0.6 is 0 Å². The second kappa shape index (κ2) is 4.81. The number of carbonyl (C=O) groups is 2. The number of Topliss-reactive ketones (excluding diaryl/α,β-unsaturated/α-hetero) is 2. The largest absolute Gasteiger partial charge is 0.288 e. The molecule has 1 aliphatic carbocycles. The number of hydrogen-bond donors (Lipinski definition) is 0. The minimum Gasteiger partial charge on any atom is -0.288 e. The quantitative estimate of drug-likeness (QED) is 0.627. The van der Waals surface area contributed by atoms with Crippen LogP contribution in [0.1, 0.15) is 51.7 Å². The lowest BCUT2D eigenvalue weighted by Gasteiger charge is -2.01. The predicted octanol–water partition coefficient (Wildman–Crippen LogP) is 3.01. The van der Waals surface area contributed by atoms with Gasteiger partial charge in [-0.05, 0) is 12.0 Å². The van der Waals surface area contributed by atoms with Crippen molar-refractivity contribution in [3.05, 3.63) is 58.4 Å². The Hall–Kier alpha value is -2.49. The molecule has 0 unspecified atom stereocenters. The van der Waals surface area contributed by atoms with Gasteiger partial charge < -0.3 is 0 Å². The van der Waals surface area contributed by atoms with Gasteiger partial charge in [0.1, 0.15) is 0 Å². The van der Waals surface area contributed by atoms with E-state index >= 15 is 0 Å². The number of benzene rings is 1. The molecule has 1 heterocycles. The number of ketones is 2. The molecule has 1 aromatic heterocycles. The van der Waals surface area contributed by atoms with Gasteiger partial charge in [0, 0.05) is 29.9 Å². The first-order valence-corrected chi connectivity index (χ1v) is 6.92. The molecule has 0 bridgehead atoms. The average Bonchev–Trinajstić information content (AvgIpc) is 2.94. The maximum absolute atomic E-state index is 12.4. The first-order chi connectivity index (χ1) is 9.99. The fraction of sp³-hybridized carbons (Fsp3) is 0.235. The van der Waals surface area contributed by atoms with Gasteiger partial charge in [-0.2, -0.15) is 5.10 Å². The Morgan fingerprint density at radius 3 is 2.19 bits per heavy atom. The van der Waals surface area contributed by atoms with Gasteiger partial charge in [-0.25, -0.2) is 0 Å². The number of fused-ring (bicyclic) bond motifs is 1. The first-order valence-electron chi connectivity index (χ1n) is 6.92. The lowest BCUT2D eigenvalue weighted by molar-refractivity contribution is 0.0990. The summed E-state index contributed by atoms with van der Waals surface area (Å²) >= 11 is 0. The zero-order valence-corrected chi connectivity index (χ0v) is 12.3. The lowest BCUT2D eigenvalue weighted by atomic mass is 10.0. The minimum absolute atomic E-state index is 0.200. The highest BCUT2D eigenvalue weighted by Gasteiger charge is 2.32. The second-order valence-corrected chi connectivity index (χ2v) is 5.56. The first kappa shape index (κ1) is 13.5. The zero-order chi connectivity index (χ0) is 15.1. The molecular formula is C17H16N2O2. The number of aryl methyl sites for hydroxylation is 1. The number of allylic oxidation sites excluding steroid dienone is 1. The number of hydrogen-bond acceptors (Lipinski definition) is 3. The van der Waals surface area contributed by atoms with Crippen LogP contribution in [-0.4, -0.2) is 21.3 Å². The third kappa shape index (κ3) is 2.13. The smallest absolute Gasteiger partial charge is 0.197 e. The SMILES string of the molecule is CC(C)c1nn(C)cc1C=C1C(=O)c2ccccc2C1=O. The number of nitrogens with zero attached hydrogens (tertiary/aromatic N) is 2. The van der Waals surface area contributed by atoms with Crippen LogP contribution in [0.25, 0.3) is 6.08 Å². The Kier molecular flexibility index (Phi) is 3.09. The molecule has 0 amide bonds. The molecule has 21 heavy (non-hydrogen) atoms. The van der Waals surface area contributed by atoms with Crippen LogP contribution in [0.3, 0.4) is 0 Å². The van der Waals surface area contributed by atoms with E-state index in [9.17, 15) is 9.59 Å². The van der Waals surface area contributed by atoms with Crippen molar-refractivity contribution in [3.63, 3.8) is 0 Å². The van der Waals surface area contributed by atoms with Crippen LogP contribution in [0.2, 0.25) is 0 Å². The van der Waals surface area contributed by atoms with Crippen molar-refractivity contribution in [2.75, 3.05) is 0 Å². The third-order valence-corrected chi connectivity index (χ3v) is 3.64. The van der Waals surface area contributed by atoms with Gasteiger partial charge in [-0.15, -0.1) is 0 Å². The summed E-state index contributed by atoms with van der Waals surface area (Å²) in [6, 6.07) is 6.94. The van der Waals surface area contributed by atoms with Crippen molar-refractivity contribution in [2.45, 2.75) is 19.8 Å². The maximum Gasteiger partial charge on any atom is 0.197 e.